The van der Waals surface area contributed by atoms with Crippen molar-refractivity contribution >= 4 is 45.0 Å². The third kappa shape index (κ3) is 5.70. The Morgan fingerprint density at radius 3 is 2.38 bits per heavy atom. The van der Waals surface area contributed by atoms with Gasteiger partial charge in [-0.25, -0.2) is 9.78 Å². The molecule has 0 bridgehead atoms. The summed E-state index contributed by atoms with van der Waals surface area (Å²) in [7, 11) is 1.34. The van der Waals surface area contributed by atoms with Crippen molar-refractivity contribution in [3.8, 4) is 0 Å². The van der Waals surface area contributed by atoms with E-state index in [1.165, 1.54) is 12.7 Å². The van der Waals surface area contributed by atoms with Crippen LogP contribution in [0.4, 0.5) is 5.69 Å². The van der Waals surface area contributed by atoms with E-state index in [-0.39, 0.29) is 18.2 Å². The van der Waals surface area contributed by atoms with Gasteiger partial charge in [-0.15, -0.1) is 11.3 Å². The quantitative estimate of drug-likeness (QED) is 0.354. The molecule has 5 rings (SSSR count). The summed E-state index contributed by atoms with van der Waals surface area (Å²) < 4.78 is 5.78. The van der Waals surface area contributed by atoms with Crippen molar-refractivity contribution in [2.75, 3.05) is 25.5 Å². The third-order valence-corrected chi connectivity index (χ3v) is 7.58. The number of hydrogen-bond acceptors (Lipinski definition) is 6. The van der Waals surface area contributed by atoms with E-state index >= 15 is 0 Å². The number of anilines is 1. The molecule has 0 atom stereocenters. The number of rotatable bonds is 6. The number of esters is 1. The summed E-state index contributed by atoms with van der Waals surface area (Å²) >= 11 is 1.57. The normalized spacial score (nSPS) is 13.9. The van der Waals surface area contributed by atoms with Crippen LogP contribution in [-0.2, 0) is 16.0 Å². The van der Waals surface area contributed by atoms with Gasteiger partial charge in [0.25, 0.3) is 5.91 Å². The molecule has 0 unspecified atom stereocenters. The zero-order chi connectivity index (χ0) is 25.8. The van der Waals surface area contributed by atoms with Crippen LogP contribution < -0.4 is 5.32 Å². The lowest BCUT2D eigenvalue weighted by atomic mass is 9.89. The van der Waals surface area contributed by atoms with Gasteiger partial charge in [-0.05, 0) is 72.4 Å². The van der Waals surface area contributed by atoms with Crippen molar-refractivity contribution in [1.82, 2.24) is 9.88 Å². The van der Waals surface area contributed by atoms with Crippen LogP contribution in [0.2, 0.25) is 0 Å². The van der Waals surface area contributed by atoms with E-state index in [1.807, 2.05) is 35.2 Å². The minimum Gasteiger partial charge on any atom is -0.465 e. The Hall–Kier alpha value is -4.04. The number of hydrogen-bond donors (Lipinski definition) is 1. The maximum atomic E-state index is 13.0. The van der Waals surface area contributed by atoms with Gasteiger partial charge in [-0.2, -0.15) is 0 Å². The number of thiazole rings is 1. The molecule has 188 valence electrons. The van der Waals surface area contributed by atoms with Crippen LogP contribution in [0.1, 0.15) is 50.6 Å². The maximum Gasteiger partial charge on any atom is 0.337 e. The molecule has 1 aliphatic heterocycles. The number of likely N-dealkylation sites (tertiary alicyclic amines) is 1. The number of ether oxygens (including phenoxy) is 1. The number of aromatic nitrogens is 1. The van der Waals surface area contributed by atoms with Gasteiger partial charge >= 0.3 is 5.97 Å². The molecule has 37 heavy (non-hydrogen) atoms. The number of nitrogens with zero attached hydrogens (tertiary/aromatic N) is 2. The molecule has 1 N–H and O–H groups in total. The summed E-state index contributed by atoms with van der Waals surface area (Å²) in [4.78, 5) is 43.3. The average Bonchev–Trinajstić information content (AvgIpc) is 3.41. The zero-order valence-electron chi connectivity index (χ0n) is 20.5. The van der Waals surface area contributed by atoms with Gasteiger partial charge in [0, 0.05) is 24.3 Å². The van der Waals surface area contributed by atoms with Crippen molar-refractivity contribution in [2.24, 2.45) is 0 Å². The van der Waals surface area contributed by atoms with E-state index in [2.05, 4.69) is 22.4 Å². The zero-order valence-corrected chi connectivity index (χ0v) is 21.3. The highest BCUT2D eigenvalue weighted by molar-refractivity contribution is 7.16. The highest BCUT2D eigenvalue weighted by atomic mass is 32.1. The summed E-state index contributed by atoms with van der Waals surface area (Å²) in [6.45, 7) is 1.43. The van der Waals surface area contributed by atoms with Gasteiger partial charge in [0.05, 0.1) is 34.8 Å². The lowest BCUT2D eigenvalue weighted by Crippen LogP contribution is -2.37. The Balaban J connectivity index is 1.12. The summed E-state index contributed by atoms with van der Waals surface area (Å²) in [5.74, 6) is -0.0855. The first-order valence-corrected chi connectivity index (χ1v) is 13.1. The number of carbonyl (C=O) groups is 3. The molecule has 0 spiro atoms. The predicted molar refractivity (Wildman–Crippen MR) is 144 cm³/mol. The molecule has 0 aliphatic carbocycles. The van der Waals surface area contributed by atoms with Crippen molar-refractivity contribution in [2.45, 2.75) is 25.2 Å². The third-order valence-electron chi connectivity index (χ3n) is 6.77. The van der Waals surface area contributed by atoms with Crippen molar-refractivity contribution in [3.05, 3.63) is 94.5 Å². The first-order chi connectivity index (χ1) is 18.0. The number of benzene rings is 3. The first kappa shape index (κ1) is 24.6. The second-order valence-electron chi connectivity index (χ2n) is 9.14. The molecule has 2 amide bonds. The monoisotopic (exact) mass is 513 g/mol. The molecular weight excluding hydrogens is 486 g/mol. The van der Waals surface area contributed by atoms with E-state index < -0.39 is 5.97 Å². The number of methoxy groups -OCH3 is 1. The largest absolute Gasteiger partial charge is 0.465 e. The van der Waals surface area contributed by atoms with Gasteiger partial charge in [0.15, 0.2) is 0 Å². The van der Waals surface area contributed by atoms with Crippen LogP contribution in [0.5, 0.6) is 0 Å². The first-order valence-electron chi connectivity index (χ1n) is 12.2. The van der Waals surface area contributed by atoms with Gasteiger partial charge < -0.3 is 15.0 Å². The molecule has 0 saturated carbocycles. The van der Waals surface area contributed by atoms with Gasteiger partial charge in [-0.1, -0.05) is 24.3 Å². The van der Waals surface area contributed by atoms with E-state index in [9.17, 15) is 14.4 Å². The van der Waals surface area contributed by atoms with Crippen molar-refractivity contribution in [3.63, 3.8) is 0 Å². The smallest absolute Gasteiger partial charge is 0.337 e. The van der Waals surface area contributed by atoms with Crippen LogP contribution in [-0.4, -0.2) is 47.9 Å². The highest BCUT2D eigenvalue weighted by Crippen LogP contribution is 2.30. The van der Waals surface area contributed by atoms with Crippen LogP contribution in [0.25, 0.3) is 10.2 Å². The van der Waals surface area contributed by atoms with E-state index in [4.69, 9.17) is 4.74 Å². The minimum atomic E-state index is -0.401. The SMILES string of the molecule is COC(=O)c1ccc(CC(=O)Nc2ccc(C3CCN(C(=O)c4ccc5scnc5c4)CC3)cc2)cc1. The van der Waals surface area contributed by atoms with Gasteiger partial charge in [0.2, 0.25) is 5.91 Å². The predicted octanol–water partition coefficient (Wildman–Crippen LogP) is 5.28. The maximum absolute atomic E-state index is 13.0. The number of amides is 2. The molecule has 1 aromatic heterocycles. The van der Waals surface area contributed by atoms with Crippen LogP contribution >= 0.6 is 11.3 Å². The van der Waals surface area contributed by atoms with Crippen LogP contribution in [0, 0.1) is 0 Å². The topological polar surface area (TPSA) is 88.6 Å². The fraction of sp³-hybridized carbons (Fsp3) is 0.241. The Morgan fingerprint density at radius 2 is 1.68 bits per heavy atom. The minimum absolute atomic E-state index is 0.0614. The molecule has 3 aromatic carbocycles. The molecule has 4 aromatic rings. The van der Waals surface area contributed by atoms with Gasteiger partial charge in [-0.3, -0.25) is 9.59 Å². The number of fused-ring (bicyclic) bond motifs is 1. The molecular formula is C29H27N3O4S. The molecule has 2 heterocycles. The Labute approximate surface area is 219 Å². The second kappa shape index (κ2) is 10.9. The average molecular weight is 514 g/mol. The lowest BCUT2D eigenvalue weighted by Gasteiger charge is -2.32. The summed E-state index contributed by atoms with van der Waals surface area (Å²) in [5, 5.41) is 2.93. The molecule has 1 fully saturated rings. The number of nitrogens with one attached hydrogen (secondary N) is 1. The van der Waals surface area contributed by atoms with E-state index in [0.29, 0.717) is 30.1 Å². The Morgan fingerprint density at radius 1 is 0.973 bits per heavy atom. The molecule has 1 aliphatic rings. The van der Waals surface area contributed by atoms with E-state index in [0.717, 1.165) is 34.3 Å². The second-order valence-corrected chi connectivity index (χ2v) is 10.0. The number of piperidine rings is 1. The molecule has 0 radical (unpaired) electrons. The van der Waals surface area contributed by atoms with Crippen LogP contribution in [0.3, 0.4) is 0 Å². The fourth-order valence-electron chi connectivity index (χ4n) is 4.70. The molecule has 1 saturated heterocycles. The lowest BCUT2D eigenvalue weighted by molar-refractivity contribution is -0.115. The van der Waals surface area contributed by atoms with Gasteiger partial charge in [0.1, 0.15) is 0 Å². The van der Waals surface area contributed by atoms with Crippen LogP contribution in [0.15, 0.2) is 72.2 Å². The summed E-state index contributed by atoms with van der Waals surface area (Å²) in [6, 6.07) is 20.5. The molecule has 7 nitrogen and oxygen atoms in total. The van der Waals surface area contributed by atoms with Crippen molar-refractivity contribution < 1.29 is 19.1 Å². The fourth-order valence-corrected chi connectivity index (χ4v) is 5.35. The highest BCUT2D eigenvalue weighted by Gasteiger charge is 2.25. The molecule has 8 heteroatoms. The Kier molecular flexibility index (Phi) is 7.28. The summed E-state index contributed by atoms with van der Waals surface area (Å²) in [6.07, 6.45) is 2.01. The van der Waals surface area contributed by atoms with E-state index in [1.54, 1.807) is 41.1 Å². The Bertz CT molecular complexity index is 1420. The summed E-state index contributed by atoms with van der Waals surface area (Å²) in [5.41, 5.74) is 6.58. The van der Waals surface area contributed by atoms with Crippen molar-refractivity contribution in [1.29, 1.82) is 0 Å². The standard InChI is InChI=1S/C29H27N3O4S/c1-36-29(35)22-4-2-19(3-5-22)16-27(33)31-24-9-6-20(7-10-24)21-12-14-32(15-13-21)28(34)23-8-11-26-25(17-23)30-18-37-26/h2-11,17-18,21H,12-16H2,1H3,(H,31,33). The number of carbonyl (C=O) groups excluding carboxylic acids is 3.